The van der Waals surface area contributed by atoms with Crippen LogP contribution in [0.2, 0.25) is 0 Å². The van der Waals surface area contributed by atoms with Gasteiger partial charge in [-0.3, -0.25) is 0 Å². The summed E-state index contributed by atoms with van der Waals surface area (Å²) in [5.41, 5.74) is 8.19. The van der Waals surface area contributed by atoms with Crippen molar-refractivity contribution in [3.05, 3.63) is 65.7 Å². The molecule has 0 unspecified atom stereocenters. The quantitative estimate of drug-likeness (QED) is 0.606. The molecule has 0 spiro atoms. The minimum Gasteiger partial charge on any atom is -0.489 e. The number of hydrogen-bond acceptors (Lipinski definition) is 2. The molecule has 0 saturated heterocycles. The van der Waals surface area contributed by atoms with E-state index in [1.54, 1.807) is 0 Å². The first-order valence-electron chi connectivity index (χ1n) is 8.59. The van der Waals surface area contributed by atoms with E-state index in [1.165, 1.54) is 19.3 Å². The van der Waals surface area contributed by atoms with Crippen molar-refractivity contribution in [2.45, 2.75) is 32.4 Å². The lowest BCUT2D eigenvalue weighted by Crippen LogP contribution is -2.37. The Hall–Kier alpha value is -2.49. The minimum atomic E-state index is 0.534. The standard InChI is InChI=1S/C20H25N3O/c21-20(22-13-16-7-4-8-16)23-14-17-9-11-19(12-10-17)24-15-18-5-2-1-3-6-18/h1-3,5-6,9-12,16H,4,7-8,13-15H2,(H3,21,22,23). The van der Waals surface area contributed by atoms with Crippen molar-refractivity contribution in [3.63, 3.8) is 0 Å². The molecule has 1 saturated carbocycles. The first kappa shape index (κ1) is 16.4. The number of nitrogens with two attached hydrogens (primary N) is 1. The maximum Gasteiger partial charge on any atom is 0.188 e. The van der Waals surface area contributed by atoms with Crippen molar-refractivity contribution in [2.75, 3.05) is 6.54 Å². The van der Waals surface area contributed by atoms with Crippen molar-refractivity contribution in [2.24, 2.45) is 16.6 Å². The molecule has 2 aromatic rings. The largest absolute Gasteiger partial charge is 0.489 e. The molecule has 2 aromatic carbocycles. The number of hydrogen-bond donors (Lipinski definition) is 2. The van der Waals surface area contributed by atoms with Crippen molar-refractivity contribution < 1.29 is 4.74 Å². The summed E-state index contributed by atoms with van der Waals surface area (Å²) in [6.45, 7) is 2.11. The van der Waals surface area contributed by atoms with Gasteiger partial charge in [-0.1, -0.05) is 48.9 Å². The lowest BCUT2D eigenvalue weighted by Gasteiger charge is -2.25. The summed E-state index contributed by atoms with van der Waals surface area (Å²) in [4.78, 5) is 4.39. The third-order valence-corrected chi connectivity index (χ3v) is 4.40. The number of rotatable bonds is 7. The van der Waals surface area contributed by atoms with Gasteiger partial charge < -0.3 is 15.8 Å². The molecule has 0 aromatic heterocycles. The first-order chi connectivity index (χ1) is 11.8. The first-order valence-corrected chi connectivity index (χ1v) is 8.59. The Kier molecular flexibility index (Phi) is 5.72. The van der Waals surface area contributed by atoms with Gasteiger partial charge in [0.2, 0.25) is 0 Å². The monoisotopic (exact) mass is 323 g/mol. The molecule has 1 aliphatic carbocycles. The summed E-state index contributed by atoms with van der Waals surface area (Å²) in [5.74, 6) is 2.17. The van der Waals surface area contributed by atoms with E-state index in [1.807, 2.05) is 42.5 Å². The van der Waals surface area contributed by atoms with Crippen LogP contribution < -0.4 is 15.8 Å². The molecule has 0 amide bonds. The highest BCUT2D eigenvalue weighted by atomic mass is 16.5. The van der Waals surface area contributed by atoms with Crippen LogP contribution in [0.15, 0.2) is 59.6 Å². The fourth-order valence-electron chi connectivity index (χ4n) is 2.61. The van der Waals surface area contributed by atoms with Crippen LogP contribution in [-0.2, 0) is 13.2 Å². The van der Waals surface area contributed by atoms with Crippen LogP contribution in [0.1, 0.15) is 30.4 Å². The molecular weight excluding hydrogens is 298 g/mol. The second kappa shape index (κ2) is 8.39. The van der Waals surface area contributed by atoms with Crippen molar-refractivity contribution in [1.82, 2.24) is 5.32 Å². The average molecular weight is 323 g/mol. The molecule has 0 heterocycles. The molecule has 4 heteroatoms. The van der Waals surface area contributed by atoms with Gasteiger partial charge in [0.05, 0.1) is 6.54 Å². The maximum atomic E-state index is 5.90. The van der Waals surface area contributed by atoms with Gasteiger partial charge in [0.1, 0.15) is 12.4 Å². The summed E-state index contributed by atoms with van der Waals surface area (Å²) in [6.07, 6.45) is 3.97. The van der Waals surface area contributed by atoms with Gasteiger partial charge in [-0.05, 0) is 42.0 Å². The average Bonchev–Trinajstić information content (AvgIpc) is 2.58. The number of nitrogens with zero attached hydrogens (tertiary/aromatic N) is 1. The second-order valence-corrected chi connectivity index (χ2v) is 6.30. The van der Waals surface area contributed by atoms with Gasteiger partial charge >= 0.3 is 0 Å². The Balaban J connectivity index is 1.43. The van der Waals surface area contributed by atoms with Gasteiger partial charge in [0.15, 0.2) is 5.96 Å². The molecule has 1 aliphatic rings. The van der Waals surface area contributed by atoms with Gasteiger partial charge in [-0.2, -0.15) is 0 Å². The number of ether oxygens (including phenoxy) is 1. The van der Waals surface area contributed by atoms with Crippen LogP contribution in [0.3, 0.4) is 0 Å². The summed E-state index contributed by atoms with van der Waals surface area (Å²) in [5, 5.41) is 3.21. The number of nitrogens with one attached hydrogen (secondary N) is 1. The fraction of sp³-hybridized carbons (Fsp3) is 0.350. The third-order valence-electron chi connectivity index (χ3n) is 4.40. The van der Waals surface area contributed by atoms with Gasteiger partial charge in [-0.15, -0.1) is 0 Å². The Labute approximate surface area is 143 Å². The normalized spacial score (nSPS) is 14.9. The van der Waals surface area contributed by atoms with E-state index in [0.717, 1.165) is 29.3 Å². The topological polar surface area (TPSA) is 59.6 Å². The lowest BCUT2D eigenvalue weighted by molar-refractivity contribution is 0.306. The van der Waals surface area contributed by atoms with E-state index >= 15 is 0 Å². The van der Waals surface area contributed by atoms with Crippen LogP contribution in [0, 0.1) is 5.92 Å². The van der Waals surface area contributed by atoms with E-state index in [4.69, 9.17) is 10.5 Å². The molecule has 3 rings (SSSR count). The van der Waals surface area contributed by atoms with Crippen LogP contribution in [0.5, 0.6) is 5.75 Å². The highest BCUT2D eigenvalue weighted by molar-refractivity contribution is 5.77. The smallest absolute Gasteiger partial charge is 0.188 e. The van der Waals surface area contributed by atoms with Crippen LogP contribution in [0.4, 0.5) is 0 Å². The van der Waals surface area contributed by atoms with Gasteiger partial charge in [-0.25, -0.2) is 4.99 Å². The fourth-order valence-corrected chi connectivity index (χ4v) is 2.61. The van der Waals surface area contributed by atoms with Crippen LogP contribution in [-0.4, -0.2) is 12.5 Å². The van der Waals surface area contributed by atoms with Crippen molar-refractivity contribution >= 4 is 5.96 Å². The Bertz CT molecular complexity index is 648. The Morgan fingerprint density at radius 2 is 1.79 bits per heavy atom. The maximum absolute atomic E-state index is 5.90. The van der Waals surface area contributed by atoms with E-state index < -0.39 is 0 Å². The SMILES string of the molecule is NC(=NCc1ccc(OCc2ccccc2)cc1)NCC1CCC1. The number of guanidine groups is 1. The van der Waals surface area contributed by atoms with Crippen molar-refractivity contribution in [3.8, 4) is 5.75 Å². The predicted molar refractivity (Wildman–Crippen MR) is 97.9 cm³/mol. The highest BCUT2D eigenvalue weighted by Crippen LogP contribution is 2.25. The Morgan fingerprint density at radius 3 is 2.46 bits per heavy atom. The molecule has 0 atom stereocenters. The Morgan fingerprint density at radius 1 is 1.04 bits per heavy atom. The molecule has 4 nitrogen and oxygen atoms in total. The molecule has 0 bridgehead atoms. The van der Waals surface area contributed by atoms with Gasteiger partial charge in [0, 0.05) is 6.54 Å². The lowest BCUT2D eigenvalue weighted by atomic mass is 9.85. The van der Waals surface area contributed by atoms with E-state index in [9.17, 15) is 0 Å². The minimum absolute atomic E-state index is 0.534. The van der Waals surface area contributed by atoms with Crippen LogP contribution in [0.25, 0.3) is 0 Å². The molecule has 0 radical (unpaired) electrons. The molecular formula is C20H25N3O. The highest BCUT2D eigenvalue weighted by Gasteiger charge is 2.16. The van der Waals surface area contributed by atoms with Crippen LogP contribution >= 0.6 is 0 Å². The second-order valence-electron chi connectivity index (χ2n) is 6.30. The zero-order valence-corrected chi connectivity index (χ0v) is 13.9. The van der Waals surface area contributed by atoms with E-state index in [-0.39, 0.29) is 0 Å². The molecule has 3 N–H and O–H groups in total. The molecule has 0 aliphatic heterocycles. The van der Waals surface area contributed by atoms with E-state index in [2.05, 4.69) is 22.4 Å². The number of benzene rings is 2. The summed E-state index contributed by atoms with van der Waals surface area (Å²) in [7, 11) is 0. The molecule has 126 valence electrons. The summed E-state index contributed by atoms with van der Waals surface area (Å²) < 4.78 is 5.78. The molecule has 24 heavy (non-hydrogen) atoms. The van der Waals surface area contributed by atoms with Gasteiger partial charge in [0.25, 0.3) is 0 Å². The zero-order valence-electron chi connectivity index (χ0n) is 13.9. The molecule has 1 fully saturated rings. The van der Waals surface area contributed by atoms with Crippen molar-refractivity contribution in [1.29, 1.82) is 0 Å². The summed E-state index contributed by atoms with van der Waals surface area (Å²) >= 11 is 0. The number of aliphatic imine (C=N–C) groups is 1. The summed E-state index contributed by atoms with van der Waals surface area (Å²) in [6, 6.07) is 18.2. The predicted octanol–water partition coefficient (Wildman–Crippen LogP) is 3.47. The van der Waals surface area contributed by atoms with E-state index in [0.29, 0.717) is 19.1 Å². The third kappa shape index (κ3) is 5.01. The zero-order chi connectivity index (χ0) is 16.6.